The normalized spacial score (nSPS) is 15.0. The molecule has 124 valence electrons. The molecule has 0 saturated carbocycles. The number of hydrogen-bond donors (Lipinski definition) is 1. The van der Waals surface area contributed by atoms with Crippen LogP contribution in [-0.2, 0) is 4.79 Å². The van der Waals surface area contributed by atoms with E-state index in [-0.39, 0.29) is 0 Å². The molecule has 1 aliphatic rings. The second-order valence-corrected chi connectivity index (χ2v) is 6.48. The SMILES string of the molecule is CCCCCCCCCCCC(=O)N(CCC)C1CNC1. The van der Waals surface area contributed by atoms with Gasteiger partial charge in [-0.25, -0.2) is 0 Å². The van der Waals surface area contributed by atoms with E-state index >= 15 is 0 Å². The van der Waals surface area contributed by atoms with Gasteiger partial charge in [0.1, 0.15) is 0 Å². The van der Waals surface area contributed by atoms with Crippen LogP contribution in [-0.4, -0.2) is 36.5 Å². The van der Waals surface area contributed by atoms with Crippen LogP contribution in [0.3, 0.4) is 0 Å². The van der Waals surface area contributed by atoms with Crippen molar-refractivity contribution in [2.45, 2.75) is 90.5 Å². The Morgan fingerprint density at radius 2 is 1.48 bits per heavy atom. The van der Waals surface area contributed by atoms with Gasteiger partial charge in [-0.2, -0.15) is 0 Å². The van der Waals surface area contributed by atoms with E-state index in [1.807, 2.05) is 0 Å². The number of unbranched alkanes of at least 4 members (excludes halogenated alkanes) is 8. The molecule has 1 saturated heterocycles. The summed E-state index contributed by atoms with van der Waals surface area (Å²) < 4.78 is 0. The van der Waals surface area contributed by atoms with Crippen LogP contribution in [0.15, 0.2) is 0 Å². The van der Waals surface area contributed by atoms with Gasteiger partial charge in [0, 0.05) is 26.1 Å². The van der Waals surface area contributed by atoms with Gasteiger partial charge in [-0.3, -0.25) is 4.79 Å². The Balaban J connectivity index is 1.99. The van der Waals surface area contributed by atoms with E-state index in [1.165, 1.54) is 51.4 Å². The summed E-state index contributed by atoms with van der Waals surface area (Å²) in [6.07, 6.45) is 13.7. The summed E-state index contributed by atoms with van der Waals surface area (Å²) in [7, 11) is 0. The monoisotopic (exact) mass is 296 g/mol. The highest BCUT2D eigenvalue weighted by atomic mass is 16.2. The molecule has 1 fully saturated rings. The summed E-state index contributed by atoms with van der Waals surface area (Å²) in [5, 5.41) is 3.27. The van der Waals surface area contributed by atoms with E-state index in [0.717, 1.165) is 38.9 Å². The van der Waals surface area contributed by atoms with Gasteiger partial charge in [0.25, 0.3) is 0 Å². The predicted octanol–water partition coefficient (Wildman–Crippen LogP) is 4.12. The Hall–Kier alpha value is -0.570. The van der Waals surface area contributed by atoms with Crippen LogP contribution in [0.1, 0.15) is 84.5 Å². The topological polar surface area (TPSA) is 32.3 Å². The van der Waals surface area contributed by atoms with Gasteiger partial charge in [-0.05, 0) is 12.8 Å². The van der Waals surface area contributed by atoms with Gasteiger partial charge < -0.3 is 10.2 Å². The third-order valence-electron chi connectivity index (χ3n) is 4.48. The van der Waals surface area contributed by atoms with Crippen LogP contribution >= 0.6 is 0 Å². The maximum absolute atomic E-state index is 12.3. The zero-order valence-electron chi connectivity index (χ0n) is 14.3. The lowest BCUT2D eigenvalue weighted by molar-refractivity contribution is -0.134. The number of rotatable bonds is 13. The zero-order chi connectivity index (χ0) is 15.3. The summed E-state index contributed by atoms with van der Waals surface area (Å²) in [6, 6.07) is 0.469. The number of nitrogens with one attached hydrogen (secondary N) is 1. The first-order valence-electron chi connectivity index (χ1n) is 9.29. The lowest BCUT2D eigenvalue weighted by atomic mass is 10.1. The molecule has 0 bridgehead atoms. The van der Waals surface area contributed by atoms with Crippen molar-refractivity contribution >= 4 is 5.91 Å². The second-order valence-electron chi connectivity index (χ2n) is 6.48. The predicted molar refractivity (Wildman–Crippen MR) is 90.5 cm³/mol. The Kier molecular flexibility index (Phi) is 10.6. The molecule has 0 aromatic carbocycles. The van der Waals surface area contributed by atoms with Crippen LogP contribution in [0, 0.1) is 0 Å². The van der Waals surface area contributed by atoms with Crippen molar-refractivity contribution in [2.24, 2.45) is 0 Å². The van der Waals surface area contributed by atoms with Crippen molar-refractivity contribution < 1.29 is 4.79 Å². The van der Waals surface area contributed by atoms with E-state index < -0.39 is 0 Å². The molecule has 0 aromatic heterocycles. The highest BCUT2D eigenvalue weighted by Crippen LogP contribution is 2.13. The molecule has 0 aromatic rings. The van der Waals surface area contributed by atoms with Crippen molar-refractivity contribution in [3.05, 3.63) is 0 Å². The molecule has 1 aliphatic heterocycles. The quantitative estimate of drug-likeness (QED) is 0.519. The maximum atomic E-state index is 12.3. The fourth-order valence-corrected chi connectivity index (χ4v) is 2.98. The average Bonchev–Trinajstić information content (AvgIpc) is 2.43. The lowest BCUT2D eigenvalue weighted by Crippen LogP contribution is -2.59. The fourth-order valence-electron chi connectivity index (χ4n) is 2.98. The highest BCUT2D eigenvalue weighted by Gasteiger charge is 2.27. The van der Waals surface area contributed by atoms with Crippen molar-refractivity contribution in [1.82, 2.24) is 10.2 Å². The molecule has 1 N–H and O–H groups in total. The standard InChI is InChI=1S/C18H36N2O/c1-3-5-6-7-8-9-10-11-12-13-18(21)20(14-4-2)17-15-19-16-17/h17,19H,3-16H2,1-2H3. The molecule has 3 nitrogen and oxygen atoms in total. The van der Waals surface area contributed by atoms with Crippen molar-refractivity contribution in [1.29, 1.82) is 0 Å². The van der Waals surface area contributed by atoms with Gasteiger partial charge in [-0.15, -0.1) is 0 Å². The minimum atomic E-state index is 0.381. The van der Waals surface area contributed by atoms with E-state index in [0.29, 0.717) is 11.9 Å². The molecule has 1 rings (SSSR count). The summed E-state index contributed by atoms with van der Waals surface area (Å²) >= 11 is 0. The Morgan fingerprint density at radius 1 is 0.905 bits per heavy atom. The molecule has 21 heavy (non-hydrogen) atoms. The minimum absolute atomic E-state index is 0.381. The molecular weight excluding hydrogens is 260 g/mol. The third-order valence-corrected chi connectivity index (χ3v) is 4.48. The third kappa shape index (κ3) is 7.85. The highest BCUT2D eigenvalue weighted by molar-refractivity contribution is 5.76. The Morgan fingerprint density at radius 3 is 1.95 bits per heavy atom. The fraction of sp³-hybridized carbons (Fsp3) is 0.944. The molecule has 3 heteroatoms. The van der Waals surface area contributed by atoms with Crippen molar-refractivity contribution in [3.63, 3.8) is 0 Å². The van der Waals surface area contributed by atoms with Crippen LogP contribution in [0.5, 0.6) is 0 Å². The molecule has 0 radical (unpaired) electrons. The summed E-state index contributed by atoms with van der Waals surface area (Å²) in [4.78, 5) is 14.4. The van der Waals surface area contributed by atoms with Crippen LogP contribution < -0.4 is 5.32 Å². The van der Waals surface area contributed by atoms with Gasteiger partial charge in [0.2, 0.25) is 5.91 Å². The number of carbonyl (C=O) groups excluding carboxylic acids is 1. The first-order chi connectivity index (χ1) is 10.3. The number of carbonyl (C=O) groups is 1. The van der Waals surface area contributed by atoms with Crippen LogP contribution in [0.4, 0.5) is 0 Å². The van der Waals surface area contributed by atoms with E-state index in [1.54, 1.807) is 0 Å². The average molecular weight is 296 g/mol. The number of hydrogen-bond acceptors (Lipinski definition) is 2. The maximum Gasteiger partial charge on any atom is 0.222 e. The Labute approximate surface area is 131 Å². The van der Waals surface area contributed by atoms with Gasteiger partial charge in [-0.1, -0.05) is 65.2 Å². The number of amides is 1. The molecule has 1 heterocycles. The summed E-state index contributed by atoms with van der Waals surface area (Å²) in [5.74, 6) is 0.381. The molecular formula is C18H36N2O. The molecule has 0 unspecified atom stereocenters. The molecule has 0 atom stereocenters. The zero-order valence-corrected chi connectivity index (χ0v) is 14.3. The summed E-state index contributed by atoms with van der Waals surface area (Å²) in [5.41, 5.74) is 0. The molecule has 1 amide bonds. The van der Waals surface area contributed by atoms with Crippen molar-refractivity contribution in [3.8, 4) is 0 Å². The number of nitrogens with zero attached hydrogens (tertiary/aromatic N) is 1. The van der Waals surface area contributed by atoms with Crippen LogP contribution in [0.25, 0.3) is 0 Å². The Bertz CT molecular complexity index is 264. The van der Waals surface area contributed by atoms with Gasteiger partial charge >= 0.3 is 0 Å². The lowest BCUT2D eigenvalue weighted by Gasteiger charge is -2.38. The van der Waals surface area contributed by atoms with E-state index in [2.05, 4.69) is 24.1 Å². The van der Waals surface area contributed by atoms with Crippen LogP contribution in [0.2, 0.25) is 0 Å². The molecule has 0 spiro atoms. The first-order valence-corrected chi connectivity index (χ1v) is 9.29. The minimum Gasteiger partial charge on any atom is -0.337 e. The van der Waals surface area contributed by atoms with E-state index in [9.17, 15) is 4.79 Å². The largest absolute Gasteiger partial charge is 0.337 e. The van der Waals surface area contributed by atoms with Crippen molar-refractivity contribution in [2.75, 3.05) is 19.6 Å². The van der Waals surface area contributed by atoms with E-state index in [4.69, 9.17) is 0 Å². The van der Waals surface area contributed by atoms with Gasteiger partial charge in [0.15, 0.2) is 0 Å². The molecule has 0 aliphatic carbocycles. The smallest absolute Gasteiger partial charge is 0.222 e. The first kappa shape index (κ1) is 18.5. The van der Waals surface area contributed by atoms with Gasteiger partial charge in [0.05, 0.1) is 6.04 Å². The second kappa shape index (κ2) is 12.0. The summed E-state index contributed by atoms with van der Waals surface area (Å²) in [6.45, 7) is 7.33.